The van der Waals surface area contributed by atoms with Crippen molar-refractivity contribution in [3.8, 4) is 17.2 Å². The van der Waals surface area contributed by atoms with Gasteiger partial charge in [0.25, 0.3) is 10.1 Å². The summed E-state index contributed by atoms with van der Waals surface area (Å²) in [6, 6.07) is 11.6. The Bertz CT molecular complexity index is 878. The van der Waals surface area contributed by atoms with Crippen LogP contribution in [0, 0.1) is 0 Å². The second-order valence-electron chi connectivity index (χ2n) is 8.10. The van der Waals surface area contributed by atoms with Gasteiger partial charge in [0, 0.05) is 6.07 Å². The molecular formula is C25H36O5S. The molecule has 0 saturated heterocycles. The zero-order valence-electron chi connectivity index (χ0n) is 18.6. The topological polar surface area (TPSA) is 83.8 Å². The lowest BCUT2D eigenvalue weighted by atomic mass is 10.0. The van der Waals surface area contributed by atoms with Crippen molar-refractivity contribution in [3.05, 3.63) is 48.0 Å². The van der Waals surface area contributed by atoms with Gasteiger partial charge >= 0.3 is 0 Å². The molecule has 0 radical (unpaired) electrons. The monoisotopic (exact) mass is 448 g/mol. The third kappa shape index (κ3) is 9.32. The number of aromatic hydroxyl groups is 1. The van der Waals surface area contributed by atoms with E-state index in [1.165, 1.54) is 57.4 Å². The fraction of sp³-hybridized carbons (Fsp3) is 0.520. The van der Waals surface area contributed by atoms with Gasteiger partial charge in [0.1, 0.15) is 10.6 Å². The molecule has 0 unspecified atom stereocenters. The summed E-state index contributed by atoms with van der Waals surface area (Å²) in [5.41, 5.74) is 0.460. The van der Waals surface area contributed by atoms with E-state index in [0.717, 1.165) is 25.3 Å². The molecule has 0 saturated carbocycles. The number of aryl methyl sites for hydroxylation is 1. The zero-order chi connectivity index (χ0) is 22.5. The molecule has 31 heavy (non-hydrogen) atoms. The van der Waals surface area contributed by atoms with E-state index in [-0.39, 0.29) is 16.4 Å². The summed E-state index contributed by atoms with van der Waals surface area (Å²) in [6.07, 6.45) is 13.7. The Hall–Kier alpha value is -2.05. The Morgan fingerprint density at radius 1 is 0.806 bits per heavy atom. The first-order chi connectivity index (χ1) is 14.9. The molecule has 6 heteroatoms. The Balaban J connectivity index is 1.86. The fourth-order valence-electron chi connectivity index (χ4n) is 3.70. The number of benzene rings is 2. The molecule has 0 spiro atoms. The maximum atomic E-state index is 11.8. The number of hydrogen-bond acceptors (Lipinski definition) is 4. The van der Waals surface area contributed by atoms with Crippen LogP contribution in [0.2, 0.25) is 0 Å². The molecule has 0 aliphatic heterocycles. The van der Waals surface area contributed by atoms with Crippen molar-refractivity contribution in [1.82, 2.24) is 0 Å². The predicted molar refractivity (Wildman–Crippen MR) is 125 cm³/mol. The molecule has 0 aliphatic rings. The summed E-state index contributed by atoms with van der Waals surface area (Å²) >= 11 is 0. The van der Waals surface area contributed by atoms with Crippen LogP contribution in [0.1, 0.15) is 83.1 Å². The van der Waals surface area contributed by atoms with Gasteiger partial charge in [0.2, 0.25) is 0 Å². The molecule has 0 bridgehead atoms. The van der Waals surface area contributed by atoms with Crippen LogP contribution in [-0.2, 0) is 16.5 Å². The van der Waals surface area contributed by atoms with Crippen molar-refractivity contribution in [2.75, 3.05) is 0 Å². The lowest BCUT2D eigenvalue weighted by Crippen LogP contribution is -2.04. The highest BCUT2D eigenvalue weighted by atomic mass is 32.2. The number of ether oxygens (including phenoxy) is 1. The van der Waals surface area contributed by atoms with Gasteiger partial charge in [0.05, 0.1) is 0 Å². The van der Waals surface area contributed by atoms with Crippen LogP contribution in [0.15, 0.2) is 47.4 Å². The smallest absolute Gasteiger partial charge is 0.294 e. The van der Waals surface area contributed by atoms with Crippen LogP contribution in [0.4, 0.5) is 0 Å². The van der Waals surface area contributed by atoms with E-state index in [1.54, 1.807) is 12.1 Å². The van der Waals surface area contributed by atoms with Crippen molar-refractivity contribution < 1.29 is 22.8 Å². The third-order valence-corrected chi connectivity index (χ3v) is 6.38. The Labute approximate surface area is 187 Å². The van der Waals surface area contributed by atoms with Gasteiger partial charge in [-0.05, 0) is 36.6 Å². The van der Waals surface area contributed by atoms with Gasteiger partial charge in [-0.2, -0.15) is 8.42 Å². The highest BCUT2D eigenvalue weighted by Crippen LogP contribution is 2.35. The molecule has 0 fully saturated rings. The first-order valence-electron chi connectivity index (χ1n) is 11.5. The normalized spacial score (nSPS) is 11.5. The molecule has 5 nitrogen and oxygen atoms in total. The van der Waals surface area contributed by atoms with Crippen LogP contribution in [0.3, 0.4) is 0 Å². The molecule has 0 aromatic heterocycles. The van der Waals surface area contributed by atoms with Crippen LogP contribution in [-0.4, -0.2) is 18.1 Å². The number of phenolic OH excluding ortho intramolecular Hbond substituents is 1. The van der Waals surface area contributed by atoms with Crippen LogP contribution in [0.25, 0.3) is 0 Å². The molecular weight excluding hydrogens is 412 g/mol. The third-order valence-electron chi connectivity index (χ3n) is 5.44. The molecule has 2 aromatic rings. The molecule has 2 N–H and O–H groups in total. The second kappa shape index (κ2) is 13.4. The first-order valence-corrected chi connectivity index (χ1v) is 12.9. The van der Waals surface area contributed by atoms with Crippen LogP contribution in [0.5, 0.6) is 17.2 Å². The van der Waals surface area contributed by atoms with E-state index >= 15 is 0 Å². The fourth-order valence-corrected chi connectivity index (χ4v) is 4.46. The van der Waals surface area contributed by atoms with Crippen LogP contribution >= 0.6 is 0 Å². The van der Waals surface area contributed by atoms with Crippen molar-refractivity contribution in [1.29, 1.82) is 0 Å². The zero-order valence-corrected chi connectivity index (χ0v) is 19.4. The number of unbranched alkanes of at least 4 members (excludes halogenated alkanes) is 10. The molecule has 2 rings (SSSR count). The number of phenols is 1. The minimum Gasteiger partial charge on any atom is -0.504 e. The Morgan fingerprint density at radius 3 is 1.90 bits per heavy atom. The predicted octanol–water partition coefficient (Wildman–Crippen LogP) is 7.28. The van der Waals surface area contributed by atoms with Crippen molar-refractivity contribution >= 4 is 10.1 Å². The number of para-hydroxylation sites is 1. The standard InChI is InChI=1S/C25H36O5S/c1-2-3-4-5-6-7-8-9-10-11-13-16-21-19-24(30-22-17-14-12-15-18-22)23(26)20-25(21)31(27,28)29/h12,14-15,17-20,26H,2-11,13,16H2,1H3,(H,27,28,29). The second-order valence-corrected chi connectivity index (χ2v) is 9.49. The van der Waals surface area contributed by atoms with Gasteiger partial charge in [-0.3, -0.25) is 4.55 Å². The lowest BCUT2D eigenvalue weighted by molar-refractivity contribution is 0.407. The summed E-state index contributed by atoms with van der Waals surface area (Å²) in [7, 11) is -4.43. The van der Waals surface area contributed by atoms with Crippen molar-refractivity contribution in [2.45, 2.75) is 88.9 Å². The lowest BCUT2D eigenvalue weighted by Gasteiger charge is -2.13. The van der Waals surface area contributed by atoms with E-state index in [0.29, 0.717) is 17.7 Å². The van der Waals surface area contributed by atoms with E-state index in [4.69, 9.17) is 4.74 Å². The number of hydrogen-bond donors (Lipinski definition) is 2. The van der Waals surface area contributed by atoms with E-state index in [1.807, 2.05) is 18.2 Å². The quantitative estimate of drug-likeness (QED) is 0.221. The average Bonchev–Trinajstić information content (AvgIpc) is 2.74. The van der Waals surface area contributed by atoms with Gasteiger partial charge in [0.15, 0.2) is 11.5 Å². The van der Waals surface area contributed by atoms with E-state index in [2.05, 4.69) is 6.92 Å². The van der Waals surface area contributed by atoms with E-state index in [9.17, 15) is 18.1 Å². The highest BCUT2D eigenvalue weighted by Gasteiger charge is 2.19. The molecule has 0 heterocycles. The highest BCUT2D eigenvalue weighted by molar-refractivity contribution is 7.85. The first kappa shape index (κ1) is 25.2. The minimum atomic E-state index is -4.43. The van der Waals surface area contributed by atoms with Crippen molar-refractivity contribution in [2.24, 2.45) is 0 Å². The summed E-state index contributed by atoms with van der Waals surface area (Å²) in [4.78, 5) is -0.252. The Kier molecular flexibility index (Phi) is 10.9. The molecule has 2 aromatic carbocycles. The maximum Gasteiger partial charge on any atom is 0.294 e. The maximum absolute atomic E-state index is 11.8. The average molecular weight is 449 g/mol. The van der Waals surface area contributed by atoms with Gasteiger partial charge in [-0.15, -0.1) is 0 Å². The largest absolute Gasteiger partial charge is 0.504 e. The molecule has 0 aliphatic carbocycles. The summed E-state index contributed by atoms with van der Waals surface area (Å²) < 4.78 is 38.8. The number of rotatable bonds is 15. The van der Waals surface area contributed by atoms with Gasteiger partial charge in [-0.25, -0.2) is 0 Å². The minimum absolute atomic E-state index is 0.177. The summed E-state index contributed by atoms with van der Waals surface area (Å²) in [5.74, 6) is 0.397. The molecule has 0 amide bonds. The summed E-state index contributed by atoms with van der Waals surface area (Å²) in [5, 5.41) is 10.2. The van der Waals surface area contributed by atoms with Crippen LogP contribution < -0.4 is 4.74 Å². The SMILES string of the molecule is CCCCCCCCCCCCCc1cc(Oc2ccccc2)c(O)cc1S(=O)(=O)O. The summed E-state index contributed by atoms with van der Waals surface area (Å²) in [6.45, 7) is 2.23. The Morgan fingerprint density at radius 2 is 1.35 bits per heavy atom. The molecule has 172 valence electrons. The van der Waals surface area contributed by atoms with Crippen molar-refractivity contribution in [3.63, 3.8) is 0 Å². The van der Waals surface area contributed by atoms with E-state index < -0.39 is 10.1 Å². The van der Waals surface area contributed by atoms with Gasteiger partial charge < -0.3 is 9.84 Å². The molecule has 0 atom stereocenters. The van der Waals surface area contributed by atoms with Gasteiger partial charge in [-0.1, -0.05) is 89.3 Å².